The maximum absolute atomic E-state index is 3.55. The maximum Gasteiger partial charge on any atom is 0.0178 e. The van der Waals surface area contributed by atoms with E-state index in [1.54, 1.807) is 0 Å². The molecule has 0 aliphatic rings. The first-order chi connectivity index (χ1) is 7.60. The predicted octanol–water partition coefficient (Wildman–Crippen LogP) is 4.19. The highest BCUT2D eigenvalue weighted by atomic mass is 79.9. The van der Waals surface area contributed by atoms with E-state index in [2.05, 4.69) is 73.3 Å². The zero-order valence-electron chi connectivity index (χ0n) is 10.6. The Morgan fingerprint density at radius 2 is 2.00 bits per heavy atom. The maximum atomic E-state index is 3.55. The fourth-order valence-corrected chi connectivity index (χ4v) is 2.85. The Balaban J connectivity index is 2.96. The van der Waals surface area contributed by atoms with Gasteiger partial charge in [0, 0.05) is 10.5 Å². The minimum absolute atomic E-state index is 0.541. The molecule has 0 saturated heterocycles. The van der Waals surface area contributed by atoms with Crippen molar-refractivity contribution in [1.82, 2.24) is 5.32 Å². The quantitative estimate of drug-likeness (QED) is 0.855. The highest BCUT2D eigenvalue weighted by Crippen LogP contribution is 2.29. The molecule has 2 heteroatoms. The summed E-state index contributed by atoms with van der Waals surface area (Å²) in [5.74, 6) is 1.23. The van der Waals surface area contributed by atoms with Gasteiger partial charge in [-0.2, -0.15) is 0 Å². The second-order valence-corrected chi connectivity index (χ2v) is 5.54. The van der Waals surface area contributed by atoms with E-state index in [9.17, 15) is 0 Å². The molecule has 2 unspecified atom stereocenters. The highest BCUT2D eigenvalue weighted by molar-refractivity contribution is 9.10. The molecule has 1 aromatic rings. The molecule has 2 atom stereocenters. The fourth-order valence-electron chi connectivity index (χ4n) is 2.43. The lowest BCUT2D eigenvalue weighted by Crippen LogP contribution is -2.36. The zero-order chi connectivity index (χ0) is 12.1. The Bertz CT molecular complexity index is 322. The number of rotatable bonds is 5. The van der Waals surface area contributed by atoms with Gasteiger partial charge in [-0.05, 0) is 43.0 Å². The molecular weight excluding hydrogens is 262 g/mol. The Morgan fingerprint density at radius 1 is 1.31 bits per heavy atom. The van der Waals surface area contributed by atoms with Crippen LogP contribution in [-0.2, 0) is 0 Å². The van der Waals surface area contributed by atoms with Crippen LogP contribution in [0.4, 0.5) is 0 Å². The average molecular weight is 284 g/mol. The first-order valence-corrected chi connectivity index (χ1v) is 6.82. The molecule has 0 bridgehead atoms. The van der Waals surface area contributed by atoms with Crippen LogP contribution in [0.5, 0.6) is 0 Å². The van der Waals surface area contributed by atoms with Crippen molar-refractivity contribution in [1.29, 1.82) is 0 Å². The summed E-state index contributed by atoms with van der Waals surface area (Å²) in [7, 11) is 2.06. The SMILES string of the molecule is CCC(c1cccc(Br)c1)C(NC)C(C)C. The van der Waals surface area contributed by atoms with Gasteiger partial charge < -0.3 is 5.32 Å². The van der Waals surface area contributed by atoms with Gasteiger partial charge in [0.25, 0.3) is 0 Å². The van der Waals surface area contributed by atoms with E-state index in [4.69, 9.17) is 0 Å². The van der Waals surface area contributed by atoms with Crippen LogP contribution in [0.25, 0.3) is 0 Å². The number of hydrogen-bond donors (Lipinski definition) is 1. The summed E-state index contributed by atoms with van der Waals surface area (Å²) in [4.78, 5) is 0. The van der Waals surface area contributed by atoms with Crippen molar-refractivity contribution in [2.45, 2.75) is 39.2 Å². The van der Waals surface area contributed by atoms with Gasteiger partial charge >= 0.3 is 0 Å². The highest BCUT2D eigenvalue weighted by Gasteiger charge is 2.22. The zero-order valence-corrected chi connectivity index (χ0v) is 12.2. The summed E-state index contributed by atoms with van der Waals surface area (Å²) in [5.41, 5.74) is 1.42. The third-order valence-electron chi connectivity index (χ3n) is 3.20. The van der Waals surface area contributed by atoms with Gasteiger partial charge in [0.05, 0.1) is 0 Å². The Labute approximate surface area is 108 Å². The first-order valence-electron chi connectivity index (χ1n) is 6.02. The number of benzene rings is 1. The monoisotopic (exact) mass is 283 g/mol. The van der Waals surface area contributed by atoms with Crippen LogP contribution in [0.1, 0.15) is 38.7 Å². The summed E-state index contributed by atoms with van der Waals surface area (Å²) in [6.45, 7) is 6.82. The number of likely N-dealkylation sites (N-methyl/N-ethyl adjacent to an activating group) is 1. The summed E-state index contributed by atoms with van der Waals surface area (Å²) in [6, 6.07) is 9.21. The standard InChI is InChI=1S/C14H22BrN/c1-5-13(14(16-4)10(2)3)11-7-6-8-12(15)9-11/h6-10,13-14,16H,5H2,1-4H3. The molecule has 1 N–H and O–H groups in total. The molecule has 0 amide bonds. The first kappa shape index (κ1) is 13.7. The minimum Gasteiger partial charge on any atom is -0.316 e. The Hall–Kier alpha value is -0.340. The van der Waals surface area contributed by atoms with Crippen molar-refractivity contribution in [3.05, 3.63) is 34.3 Å². The molecule has 16 heavy (non-hydrogen) atoms. The molecule has 1 rings (SSSR count). The van der Waals surface area contributed by atoms with Crippen molar-refractivity contribution in [2.75, 3.05) is 7.05 Å². The second kappa shape index (κ2) is 6.41. The van der Waals surface area contributed by atoms with Crippen LogP contribution in [0.2, 0.25) is 0 Å². The molecule has 90 valence electrons. The van der Waals surface area contributed by atoms with E-state index in [-0.39, 0.29) is 0 Å². The van der Waals surface area contributed by atoms with E-state index >= 15 is 0 Å². The molecule has 0 saturated carbocycles. The van der Waals surface area contributed by atoms with Gasteiger partial charge in [-0.1, -0.05) is 48.8 Å². The van der Waals surface area contributed by atoms with Gasteiger partial charge in [0.1, 0.15) is 0 Å². The van der Waals surface area contributed by atoms with Gasteiger partial charge in [-0.15, -0.1) is 0 Å². The molecule has 1 aromatic carbocycles. The lowest BCUT2D eigenvalue weighted by atomic mass is 9.83. The average Bonchev–Trinajstić information content (AvgIpc) is 2.25. The lowest BCUT2D eigenvalue weighted by molar-refractivity contribution is 0.355. The largest absolute Gasteiger partial charge is 0.316 e. The van der Waals surface area contributed by atoms with Crippen LogP contribution in [-0.4, -0.2) is 13.1 Å². The molecule has 0 aromatic heterocycles. The Morgan fingerprint density at radius 3 is 2.44 bits per heavy atom. The van der Waals surface area contributed by atoms with Gasteiger partial charge in [-0.3, -0.25) is 0 Å². The summed E-state index contributed by atoms with van der Waals surface area (Å²) in [5, 5.41) is 3.46. The summed E-state index contributed by atoms with van der Waals surface area (Å²) < 4.78 is 1.17. The van der Waals surface area contributed by atoms with E-state index in [0.717, 1.165) is 0 Å². The molecule has 0 spiro atoms. The number of halogens is 1. The summed E-state index contributed by atoms with van der Waals surface area (Å²) in [6.07, 6.45) is 1.17. The second-order valence-electron chi connectivity index (χ2n) is 4.63. The summed E-state index contributed by atoms with van der Waals surface area (Å²) >= 11 is 3.55. The predicted molar refractivity (Wildman–Crippen MR) is 74.9 cm³/mol. The molecule has 0 fully saturated rings. The lowest BCUT2D eigenvalue weighted by Gasteiger charge is -2.29. The van der Waals surface area contributed by atoms with Crippen LogP contribution < -0.4 is 5.32 Å². The molecule has 0 heterocycles. The van der Waals surface area contributed by atoms with Crippen LogP contribution in [0, 0.1) is 5.92 Å². The van der Waals surface area contributed by atoms with Crippen molar-refractivity contribution >= 4 is 15.9 Å². The van der Waals surface area contributed by atoms with Crippen LogP contribution >= 0.6 is 15.9 Å². The fraction of sp³-hybridized carbons (Fsp3) is 0.571. The van der Waals surface area contributed by atoms with Gasteiger partial charge in [0.2, 0.25) is 0 Å². The van der Waals surface area contributed by atoms with E-state index < -0.39 is 0 Å². The van der Waals surface area contributed by atoms with Gasteiger partial charge in [0.15, 0.2) is 0 Å². The van der Waals surface area contributed by atoms with Crippen molar-refractivity contribution in [2.24, 2.45) is 5.92 Å². The molecule has 0 radical (unpaired) electrons. The molecule has 0 aliphatic heterocycles. The van der Waals surface area contributed by atoms with Gasteiger partial charge in [-0.25, -0.2) is 0 Å². The third kappa shape index (κ3) is 3.33. The van der Waals surface area contributed by atoms with E-state index in [1.165, 1.54) is 16.5 Å². The smallest absolute Gasteiger partial charge is 0.0178 e. The molecular formula is C14H22BrN. The van der Waals surface area contributed by atoms with Crippen molar-refractivity contribution in [3.63, 3.8) is 0 Å². The topological polar surface area (TPSA) is 12.0 Å². The minimum atomic E-state index is 0.541. The van der Waals surface area contributed by atoms with Crippen molar-refractivity contribution < 1.29 is 0 Å². The molecule has 1 nitrogen and oxygen atoms in total. The van der Waals surface area contributed by atoms with Crippen molar-refractivity contribution in [3.8, 4) is 0 Å². The normalized spacial score (nSPS) is 15.1. The van der Waals surface area contributed by atoms with Crippen LogP contribution in [0.3, 0.4) is 0 Å². The number of nitrogens with one attached hydrogen (secondary N) is 1. The molecule has 0 aliphatic carbocycles. The van der Waals surface area contributed by atoms with E-state index in [1.807, 2.05) is 0 Å². The Kier molecular flexibility index (Phi) is 5.50. The third-order valence-corrected chi connectivity index (χ3v) is 3.69. The van der Waals surface area contributed by atoms with Crippen LogP contribution in [0.15, 0.2) is 28.7 Å². The van der Waals surface area contributed by atoms with E-state index in [0.29, 0.717) is 17.9 Å². The number of hydrogen-bond acceptors (Lipinski definition) is 1.